The maximum atomic E-state index is 12.5. The second kappa shape index (κ2) is 8.04. The molecule has 0 aliphatic carbocycles. The van der Waals surface area contributed by atoms with E-state index in [4.69, 9.17) is 0 Å². The molecule has 0 aromatic rings. The number of hydrogen-bond donors (Lipinski definition) is 0. The van der Waals surface area contributed by atoms with Gasteiger partial charge in [0.15, 0.2) is 5.41 Å². The lowest BCUT2D eigenvalue weighted by Gasteiger charge is -2.27. The van der Waals surface area contributed by atoms with Crippen LogP contribution in [0.1, 0.15) is 13.8 Å². The maximum absolute atomic E-state index is 12.5. The summed E-state index contributed by atoms with van der Waals surface area (Å²) < 4.78 is 83.4. The molecule has 0 amide bonds. The van der Waals surface area contributed by atoms with Gasteiger partial charge in [0, 0.05) is 10.7 Å². The minimum absolute atomic E-state index is 0.792. The molecule has 0 radical (unpaired) electrons. The van der Waals surface area contributed by atoms with Crippen molar-refractivity contribution in [1.29, 1.82) is 0 Å². The van der Waals surface area contributed by atoms with Crippen LogP contribution in [0.5, 0.6) is 0 Å². The van der Waals surface area contributed by atoms with Gasteiger partial charge in [-0.2, -0.15) is 26.3 Å². The molecule has 2 unspecified atom stereocenters. The number of carbonyl (C=O) groups excluding carboxylic acids is 2. The van der Waals surface area contributed by atoms with Crippen LogP contribution in [0.2, 0.25) is 0 Å². The summed E-state index contributed by atoms with van der Waals surface area (Å²) in [5.41, 5.74) is -2.35. The van der Waals surface area contributed by atoms with Gasteiger partial charge in [-0.15, -0.1) is 0 Å². The monoisotopic (exact) mass is 480 g/mol. The van der Waals surface area contributed by atoms with Gasteiger partial charge in [-0.1, -0.05) is 31.9 Å². The largest absolute Gasteiger partial charge is 0.451 e. The number of ether oxygens (including phenoxy) is 2. The third kappa shape index (κ3) is 6.48. The molecule has 0 aliphatic rings. The van der Waals surface area contributed by atoms with Gasteiger partial charge in [-0.25, -0.2) is 0 Å². The standard InChI is InChI=1S/C11H12Br2F6O4/c1-9(2,7(20)22-5(3-12)10(14,15)16)8(21)23-6(4-13)11(17,18)19/h5-6H,3-4H2,1-2H3. The number of hydrogen-bond acceptors (Lipinski definition) is 4. The lowest BCUT2D eigenvalue weighted by atomic mass is 9.94. The average Bonchev–Trinajstić information content (AvgIpc) is 2.38. The summed E-state index contributed by atoms with van der Waals surface area (Å²) in [5, 5.41) is -1.58. The Kier molecular flexibility index (Phi) is 7.86. The third-order valence-corrected chi connectivity index (χ3v) is 3.71. The summed E-state index contributed by atoms with van der Waals surface area (Å²) in [4.78, 5) is 23.4. The van der Waals surface area contributed by atoms with Crippen molar-refractivity contribution in [2.24, 2.45) is 5.41 Å². The fourth-order valence-electron chi connectivity index (χ4n) is 1.01. The topological polar surface area (TPSA) is 52.6 Å². The molecule has 0 saturated carbocycles. The Bertz CT molecular complexity index is 397. The Labute approximate surface area is 144 Å². The first-order valence-corrected chi connectivity index (χ1v) is 8.09. The van der Waals surface area contributed by atoms with E-state index >= 15 is 0 Å². The number of carbonyl (C=O) groups is 2. The van der Waals surface area contributed by atoms with E-state index in [-0.39, 0.29) is 0 Å². The summed E-state index contributed by atoms with van der Waals surface area (Å²) in [7, 11) is 0. The maximum Gasteiger partial charge on any atom is 0.426 e. The van der Waals surface area contributed by atoms with Crippen LogP contribution in [0.3, 0.4) is 0 Å². The zero-order valence-electron chi connectivity index (χ0n) is 11.7. The Morgan fingerprint density at radius 3 is 1.26 bits per heavy atom. The summed E-state index contributed by atoms with van der Waals surface area (Å²) in [6.45, 7) is 1.61. The van der Waals surface area contributed by atoms with Gasteiger partial charge in [0.05, 0.1) is 0 Å². The highest BCUT2D eigenvalue weighted by Crippen LogP contribution is 2.31. The van der Waals surface area contributed by atoms with Gasteiger partial charge < -0.3 is 9.47 Å². The van der Waals surface area contributed by atoms with Crippen LogP contribution in [0.4, 0.5) is 26.3 Å². The first kappa shape index (κ1) is 22.5. The fourth-order valence-corrected chi connectivity index (χ4v) is 2.01. The predicted molar refractivity (Wildman–Crippen MR) is 73.2 cm³/mol. The molecule has 0 N–H and O–H groups in total. The molecule has 0 bridgehead atoms. The van der Waals surface area contributed by atoms with E-state index in [9.17, 15) is 35.9 Å². The molecule has 0 spiro atoms. The van der Waals surface area contributed by atoms with E-state index in [1.165, 1.54) is 0 Å². The number of alkyl halides is 8. The van der Waals surface area contributed by atoms with E-state index in [0.717, 1.165) is 13.8 Å². The molecule has 0 heterocycles. The first-order chi connectivity index (χ1) is 10.2. The highest BCUT2D eigenvalue weighted by molar-refractivity contribution is 9.09. The molecule has 23 heavy (non-hydrogen) atoms. The minimum atomic E-state index is -4.90. The molecule has 0 aliphatic heterocycles. The Morgan fingerprint density at radius 1 is 0.826 bits per heavy atom. The molecule has 0 saturated heterocycles. The smallest absolute Gasteiger partial charge is 0.426 e. The Hall–Kier alpha value is -0.520. The average molecular weight is 482 g/mol. The molecule has 0 rings (SSSR count). The molecule has 4 nitrogen and oxygen atoms in total. The zero-order valence-corrected chi connectivity index (χ0v) is 14.9. The second-order valence-corrected chi connectivity index (χ2v) is 6.10. The van der Waals surface area contributed by atoms with Crippen molar-refractivity contribution in [3.8, 4) is 0 Å². The highest BCUT2D eigenvalue weighted by Gasteiger charge is 2.50. The summed E-state index contributed by atoms with van der Waals surface area (Å²) in [6.07, 6.45) is -14.9. The molecule has 136 valence electrons. The van der Waals surface area contributed by atoms with Gasteiger partial charge in [0.2, 0.25) is 12.2 Å². The van der Waals surface area contributed by atoms with E-state index in [1.807, 2.05) is 0 Å². The number of esters is 2. The molecular weight excluding hydrogens is 470 g/mol. The Morgan fingerprint density at radius 2 is 1.09 bits per heavy atom. The minimum Gasteiger partial charge on any atom is -0.451 e. The van der Waals surface area contributed by atoms with E-state index < -0.39 is 52.6 Å². The molecule has 0 fully saturated rings. The van der Waals surface area contributed by atoms with Crippen LogP contribution in [-0.4, -0.2) is 47.2 Å². The van der Waals surface area contributed by atoms with Gasteiger partial charge in [-0.05, 0) is 13.8 Å². The second-order valence-electron chi connectivity index (χ2n) is 4.80. The van der Waals surface area contributed by atoms with Crippen molar-refractivity contribution in [2.45, 2.75) is 38.4 Å². The van der Waals surface area contributed by atoms with Crippen molar-refractivity contribution in [2.75, 3.05) is 10.7 Å². The van der Waals surface area contributed by atoms with Crippen LogP contribution in [0.15, 0.2) is 0 Å². The van der Waals surface area contributed by atoms with Crippen LogP contribution in [0, 0.1) is 5.41 Å². The zero-order chi connectivity index (χ0) is 18.6. The first-order valence-electron chi connectivity index (χ1n) is 5.85. The Balaban J connectivity index is 5.09. The van der Waals surface area contributed by atoms with Crippen molar-refractivity contribution >= 4 is 43.8 Å². The summed E-state index contributed by atoms with van der Waals surface area (Å²) in [6, 6.07) is 0. The van der Waals surface area contributed by atoms with Crippen molar-refractivity contribution in [3.05, 3.63) is 0 Å². The molecule has 0 aromatic carbocycles. The number of rotatable bonds is 6. The molecule has 0 aromatic heterocycles. The molecule has 2 atom stereocenters. The third-order valence-electron chi connectivity index (χ3n) is 2.53. The quantitative estimate of drug-likeness (QED) is 0.251. The summed E-state index contributed by atoms with van der Waals surface area (Å²) in [5.74, 6) is -3.31. The van der Waals surface area contributed by atoms with E-state index in [2.05, 4.69) is 41.3 Å². The number of halogens is 8. The fraction of sp³-hybridized carbons (Fsp3) is 0.818. The highest BCUT2D eigenvalue weighted by atomic mass is 79.9. The normalized spacial score (nSPS) is 15.7. The lowest BCUT2D eigenvalue weighted by Crippen LogP contribution is -2.45. The van der Waals surface area contributed by atoms with E-state index in [0.29, 0.717) is 0 Å². The van der Waals surface area contributed by atoms with Gasteiger partial charge >= 0.3 is 24.3 Å². The van der Waals surface area contributed by atoms with Crippen LogP contribution < -0.4 is 0 Å². The van der Waals surface area contributed by atoms with E-state index in [1.54, 1.807) is 0 Å². The van der Waals surface area contributed by atoms with Gasteiger partial charge in [0.25, 0.3) is 0 Å². The van der Waals surface area contributed by atoms with Crippen LogP contribution >= 0.6 is 31.9 Å². The lowest BCUT2D eigenvalue weighted by molar-refractivity contribution is -0.229. The van der Waals surface area contributed by atoms with Crippen molar-refractivity contribution in [3.63, 3.8) is 0 Å². The SMILES string of the molecule is CC(C)(C(=O)OC(CBr)C(F)(F)F)C(=O)OC(CBr)C(F)(F)F. The molecule has 12 heteroatoms. The van der Waals surface area contributed by atoms with Crippen LogP contribution in [0.25, 0.3) is 0 Å². The summed E-state index contributed by atoms with van der Waals surface area (Å²) >= 11 is 4.99. The molecular formula is C11H12Br2F6O4. The van der Waals surface area contributed by atoms with Gasteiger partial charge in [0.1, 0.15) is 0 Å². The predicted octanol–water partition coefficient (Wildman–Crippen LogP) is 3.75. The van der Waals surface area contributed by atoms with Crippen molar-refractivity contribution in [1.82, 2.24) is 0 Å². The van der Waals surface area contributed by atoms with Crippen molar-refractivity contribution < 1.29 is 45.4 Å². The van der Waals surface area contributed by atoms with Crippen LogP contribution in [-0.2, 0) is 19.1 Å². The van der Waals surface area contributed by atoms with Gasteiger partial charge in [-0.3, -0.25) is 9.59 Å².